The Labute approximate surface area is 109 Å². The third-order valence-electron chi connectivity index (χ3n) is 3.22. The lowest BCUT2D eigenvalue weighted by Gasteiger charge is -2.39. The van der Waals surface area contributed by atoms with Crippen molar-refractivity contribution in [1.82, 2.24) is 4.98 Å². The van der Waals surface area contributed by atoms with Crippen LogP contribution in [0.3, 0.4) is 0 Å². The molecule has 1 aliphatic heterocycles. The van der Waals surface area contributed by atoms with E-state index in [0.29, 0.717) is 10.3 Å². The molecule has 0 radical (unpaired) electrons. The highest BCUT2D eigenvalue weighted by atomic mass is 79.9. The Morgan fingerprint density at radius 3 is 3.00 bits per heavy atom. The van der Waals surface area contributed by atoms with Crippen LogP contribution in [-0.4, -0.2) is 23.6 Å². The van der Waals surface area contributed by atoms with Crippen LogP contribution >= 0.6 is 15.9 Å². The Bertz CT molecular complexity index is 397. The maximum atomic E-state index is 13.9. The summed E-state index contributed by atoms with van der Waals surface area (Å²) in [4.78, 5) is 6.19. The van der Waals surface area contributed by atoms with Crippen molar-refractivity contribution in [3.05, 3.63) is 22.6 Å². The normalized spacial score (nSPS) is 22.6. The van der Waals surface area contributed by atoms with Crippen LogP contribution in [0.25, 0.3) is 0 Å². The summed E-state index contributed by atoms with van der Waals surface area (Å²) in [5, 5.41) is 0. The molecule has 5 heteroatoms. The maximum Gasteiger partial charge on any atom is 0.166 e. The fourth-order valence-electron chi connectivity index (χ4n) is 2.39. The van der Waals surface area contributed by atoms with E-state index in [1.165, 1.54) is 6.07 Å². The largest absolute Gasteiger partial charge is 0.350 e. The van der Waals surface area contributed by atoms with Crippen molar-refractivity contribution >= 4 is 21.7 Å². The average molecular weight is 302 g/mol. The minimum absolute atomic E-state index is 0.0279. The van der Waals surface area contributed by atoms with Crippen LogP contribution in [0, 0.1) is 5.82 Å². The molecule has 1 saturated heterocycles. The van der Waals surface area contributed by atoms with Crippen LogP contribution in [0.2, 0.25) is 0 Å². The van der Waals surface area contributed by atoms with Gasteiger partial charge in [-0.15, -0.1) is 0 Å². The molecule has 0 aromatic carbocycles. The lowest BCUT2D eigenvalue weighted by molar-refractivity contribution is 0.405. The topological polar surface area (TPSA) is 42.1 Å². The Morgan fingerprint density at radius 2 is 2.35 bits per heavy atom. The minimum Gasteiger partial charge on any atom is -0.350 e. The van der Waals surface area contributed by atoms with Gasteiger partial charge in [-0.2, -0.15) is 0 Å². The average Bonchev–Trinajstić information content (AvgIpc) is 2.29. The van der Waals surface area contributed by atoms with E-state index < -0.39 is 0 Å². The van der Waals surface area contributed by atoms with Gasteiger partial charge in [0.05, 0.1) is 0 Å². The molecule has 1 aromatic rings. The predicted molar refractivity (Wildman–Crippen MR) is 70.5 cm³/mol. The predicted octanol–water partition coefficient (Wildman–Crippen LogP) is 2.69. The highest BCUT2D eigenvalue weighted by molar-refractivity contribution is 9.10. The second kappa shape index (κ2) is 5.31. The molecule has 2 heterocycles. The zero-order chi connectivity index (χ0) is 12.4. The molecule has 2 unspecified atom stereocenters. The highest BCUT2D eigenvalue weighted by Crippen LogP contribution is 2.27. The molecule has 1 fully saturated rings. The van der Waals surface area contributed by atoms with E-state index in [0.717, 1.165) is 25.8 Å². The van der Waals surface area contributed by atoms with Crippen molar-refractivity contribution in [2.45, 2.75) is 38.3 Å². The summed E-state index contributed by atoms with van der Waals surface area (Å²) in [6.07, 6.45) is 4.86. The maximum absolute atomic E-state index is 13.9. The summed E-state index contributed by atoms with van der Waals surface area (Å²) in [6, 6.07) is 1.67. The van der Waals surface area contributed by atoms with E-state index in [-0.39, 0.29) is 17.9 Å². The third kappa shape index (κ3) is 2.77. The van der Waals surface area contributed by atoms with Crippen LogP contribution in [-0.2, 0) is 0 Å². The number of nitrogens with two attached hydrogens (primary N) is 1. The fourth-order valence-corrected chi connectivity index (χ4v) is 2.69. The zero-order valence-electron chi connectivity index (χ0n) is 9.87. The van der Waals surface area contributed by atoms with E-state index in [9.17, 15) is 4.39 Å². The number of aromatic nitrogens is 1. The number of hydrogen-bond donors (Lipinski definition) is 1. The van der Waals surface area contributed by atoms with E-state index in [1.807, 2.05) is 11.8 Å². The summed E-state index contributed by atoms with van der Waals surface area (Å²) in [6.45, 7) is 2.80. The summed E-state index contributed by atoms with van der Waals surface area (Å²) in [5.74, 6) is 0.141. The van der Waals surface area contributed by atoms with Crippen LogP contribution in [0.5, 0.6) is 0 Å². The fraction of sp³-hybridized carbons (Fsp3) is 0.583. The second-order valence-electron chi connectivity index (χ2n) is 4.57. The number of pyridine rings is 1. The zero-order valence-corrected chi connectivity index (χ0v) is 11.5. The number of piperidine rings is 1. The van der Waals surface area contributed by atoms with Gasteiger partial charge in [-0.1, -0.05) is 0 Å². The molecule has 0 aliphatic carbocycles. The van der Waals surface area contributed by atoms with E-state index >= 15 is 0 Å². The number of halogens is 2. The molecule has 2 atom stereocenters. The Morgan fingerprint density at radius 1 is 1.59 bits per heavy atom. The number of anilines is 1. The van der Waals surface area contributed by atoms with Crippen LogP contribution in [0.4, 0.5) is 10.2 Å². The van der Waals surface area contributed by atoms with E-state index in [4.69, 9.17) is 5.73 Å². The first-order valence-electron chi connectivity index (χ1n) is 5.93. The molecule has 0 amide bonds. The van der Waals surface area contributed by atoms with E-state index in [2.05, 4.69) is 20.9 Å². The van der Waals surface area contributed by atoms with Gasteiger partial charge in [0.15, 0.2) is 11.6 Å². The molecular weight excluding hydrogens is 285 g/mol. The van der Waals surface area contributed by atoms with Gasteiger partial charge in [0.25, 0.3) is 0 Å². The number of nitrogens with zero attached hydrogens (tertiary/aromatic N) is 2. The van der Waals surface area contributed by atoms with Crippen LogP contribution in [0.15, 0.2) is 16.7 Å². The van der Waals surface area contributed by atoms with Crippen molar-refractivity contribution in [2.75, 3.05) is 11.4 Å². The Balaban J connectivity index is 2.29. The first-order valence-corrected chi connectivity index (χ1v) is 6.72. The SMILES string of the molecule is CC(N)C1CCCCN1c1ncc(Br)cc1F. The third-order valence-corrected chi connectivity index (χ3v) is 3.65. The van der Waals surface area contributed by atoms with Crippen LogP contribution in [0.1, 0.15) is 26.2 Å². The van der Waals surface area contributed by atoms with Crippen LogP contribution < -0.4 is 10.6 Å². The summed E-state index contributed by atoms with van der Waals surface area (Å²) >= 11 is 3.22. The van der Waals surface area contributed by atoms with E-state index in [1.54, 1.807) is 6.20 Å². The second-order valence-corrected chi connectivity index (χ2v) is 5.49. The molecule has 0 saturated carbocycles. The first-order chi connectivity index (χ1) is 8.09. The monoisotopic (exact) mass is 301 g/mol. The molecule has 94 valence electrons. The number of rotatable bonds is 2. The molecule has 2 N–H and O–H groups in total. The Hall–Kier alpha value is -0.680. The summed E-state index contributed by atoms with van der Waals surface area (Å²) in [7, 11) is 0. The molecule has 1 aromatic heterocycles. The van der Waals surface area contributed by atoms with Gasteiger partial charge >= 0.3 is 0 Å². The summed E-state index contributed by atoms with van der Waals surface area (Å²) in [5.41, 5.74) is 5.97. The highest BCUT2D eigenvalue weighted by Gasteiger charge is 2.28. The lowest BCUT2D eigenvalue weighted by atomic mass is 9.97. The van der Waals surface area contributed by atoms with Crippen molar-refractivity contribution in [3.8, 4) is 0 Å². The van der Waals surface area contributed by atoms with Crippen molar-refractivity contribution in [3.63, 3.8) is 0 Å². The molecule has 17 heavy (non-hydrogen) atoms. The van der Waals surface area contributed by atoms with Crippen molar-refractivity contribution in [1.29, 1.82) is 0 Å². The van der Waals surface area contributed by atoms with Crippen molar-refractivity contribution in [2.24, 2.45) is 5.73 Å². The Kier molecular flexibility index (Phi) is 3.99. The van der Waals surface area contributed by atoms with Gasteiger partial charge in [-0.25, -0.2) is 9.37 Å². The molecule has 0 spiro atoms. The van der Waals surface area contributed by atoms with Crippen molar-refractivity contribution < 1.29 is 4.39 Å². The van der Waals surface area contributed by atoms with Gasteiger partial charge in [-0.3, -0.25) is 0 Å². The van der Waals surface area contributed by atoms with Gasteiger partial charge < -0.3 is 10.6 Å². The minimum atomic E-state index is -0.285. The lowest BCUT2D eigenvalue weighted by Crippen LogP contribution is -2.50. The standard InChI is InChI=1S/C12H17BrFN3/c1-8(15)11-4-2-3-5-17(11)12-10(14)6-9(13)7-16-12/h6-8,11H,2-5,15H2,1H3. The van der Waals surface area contributed by atoms with Gasteiger partial charge in [0.1, 0.15) is 0 Å². The smallest absolute Gasteiger partial charge is 0.166 e. The van der Waals surface area contributed by atoms with Gasteiger partial charge in [-0.05, 0) is 48.2 Å². The molecule has 0 bridgehead atoms. The quantitative estimate of drug-likeness (QED) is 0.913. The van der Waals surface area contributed by atoms with Gasteiger partial charge in [0, 0.05) is 29.3 Å². The van der Waals surface area contributed by atoms with Gasteiger partial charge in [0.2, 0.25) is 0 Å². The molecular formula is C12H17BrFN3. The molecule has 2 rings (SSSR count). The molecule has 1 aliphatic rings. The molecule has 3 nitrogen and oxygen atoms in total. The number of hydrogen-bond acceptors (Lipinski definition) is 3. The first kappa shape index (κ1) is 12.8. The summed E-state index contributed by atoms with van der Waals surface area (Å²) < 4.78 is 14.6.